The van der Waals surface area contributed by atoms with Gasteiger partial charge in [-0.15, -0.1) is 0 Å². The van der Waals surface area contributed by atoms with Crippen LogP contribution in [0.15, 0.2) is 30.6 Å². The molecule has 5 nitrogen and oxygen atoms in total. The molecule has 0 spiro atoms. The second-order valence-corrected chi connectivity index (χ2v) is 4.09. The Morgan fingerprint density at radius 1 is 1.36 bits per heavy atom. The molecular weight excluding hydrogens is 205 g/mol. The quantitative estimate of drug-likeness (QED) is 0.518. The molecule has 1 atom stereocenters. The molecule has 1 unspecified atom stereocenters. The maximum atomic E-state index is 10.8. The normalized spacial score (nSPS) is 15.0. The summed E-state index contributed by atoms with van der Waals surface area (Å²) in [4.78, 5) is 10.8. The number of hydrogen-bond acceptors (Lipinski definition) is 4. The zero-order valence-corrected chi connectivity index (χ0v) is 8.72. The SMILES string of the molecule is COP(=O)([O-])OCC[n+]1ccccc1. The first kappa shape index (κ1) is 11.3. The highest BCUT2D eigenvalue weighted by molar-refractivity contribution is 7.45. The number of hydrogen-bond donors (Lipinski definition) is 0. The van der Waals surface area contributed by atoms with Gasteiger partial charge >= 0.3 is 0 Å². The Morgan fingerprint density at radius 3 is 2.57 bits per heavy atom. The number of aromatic nitrogens is 1. The van der Waals surface area contributed by atoms with Crippen LogP contribution < -0.4 is 9.46 Å². The molecule has 1 aromatic rings. The van der Waals surface area contributed by atoms with Crippen molar-refractivity contribution < 1.29 is 23.1 Å². The lowest BCUT2D eigenvalue weighted by Crippen LogP contribution is -2.34. The topological polar surface area (TPSA) is 62.5 Å². The molecule has 0 bridgehead atoms. The third-order valence-electron chi connectivity index (χ3n) is 1.60. The van der Waals surface area contributed by atoms with Crippen molar-refractivity contribution in [3.05, 3.63) is 30.6 Å². The van der Waals surface area contributed by atoms with Crippen molar-refractivity contribution in [1.29, 1.82) is 0 Å². The van der Waals surface area contributed by atoms with Crippen LogP contribution >= 0.6 is 7.82 Å². The molecule has 0 N–H and O–H groups in total. The number of phosphoric ester groups is 1. The average molecular weight is 217 g/mol. The van der Waals surface area contributed by atoms with E-state index in [-0.39, 0.29) is 6.61 Å². The van der Waals surface area contributed by atoms with Crippen molar-refractivity contribution in [2.24, 2.45) is 0 Å². The highest BCUT2D eigenvalue weighted by atomic mass is 31.2. The van der Waals surface area contributed by atoms with E-state index in [1.807, 2.05) is 35.2 Å². The molecule has 0 fully saturated rings. The van der Waals surface area contributed by atoms with E-state index in [2.05, 4.69) is 9.05 Å². The molecule has 14 heavy (non-hydrogen) atoms. The van der Waals surface area contributed by atoms with Crippen molar-refractivity contribution in [3.63, 3.8) is 0 Å². The fourth-order valence-electron chi connectivity index (χ4n) is 0.894. The fourth-order valence-corrected chi connectivity index (χ4v) is 1.30. The van der Waals surface area contributed by atoms with Gasteiger partial charge in [-0.2, -0.15) is 0 Å². The van der Waals surface area contributed by atoms with Gasteiger partial charge in [0.15, 0.2) is 18.9 Å². The zero-order valence-electron chi connectivity index (χ0n) is 7.83. The third-order valence-corrected chi connectivity index (χ3v) is 2.55. The monoisotopic (exact) mass is 217 g/mol. The van der Waals surface area contributed by atoms with Crippen LogP contribution in [-0.2, 0) is 20.2 Å². The van der Waals surface area contributed by atoms with Crippen molar-refractivity contribution in [2.75, 3.05) is 13.7 Å². The predicted molar refractivity (Wildman–Crippen MR) is 47.2 cm³/mol. The van der Waals surface area contributed by atoms with Crippen molar-refractivity contribution >= 4 is 7.82 Å². The molecule has 0 saturated heterocycles. The van der Waals surface area contributed by atoms with Gasteiger partial charge in [0.1, 0.15) is 6.61 Å². The molecule has 6 heteroatoms. The second-order valence-electron chi connectivity index (χ2n) is 2.58. The molecule has 0 aliphatic rings. The molecule has 1 rings (SSSR count). The van der Waals surface area contributed by atoms with Gasteiger partial charge in [-0.25, -0.2) is 4.57 Å². The first-order valence-electron chi connectivity index (χ1n) is 4.09. The van der Waals surface area contributed by atoms with Gasteiger partial charge in [0.25, 0.3) is 7.82 Å². The molecule has 0 aromatic carbocycles. The summed E-state index contributed by atoms with van der Waals surface area (Å²) in [6.07, 6.45) is 3.65. The Morgan fingerprint density at radius 2 is 2.00 bits per heavy atom. The summed E-state index contributed by atoms with van der Waals surface area (Å²) in [5.74, 6) is 0. The number of pyridine rings is 1. The minimum absolute atomic E-state index is 0.0727. The van der Waals surface area contributed by atoms with Crippen LogP contribution in [0, 0.1) is 0 Å². The fraction of sp³-hybridized carbons (Fsp3) is 0.375. The maximum Gasteiger partial charge on any atom is 0.267 e. The van der Waals surface area contributed by atoms with Gasteiger partial charge in [-0.05, 0) is 0 Å². The standard InChI is InChI=1S/C8H12NO4P/c1-12-14(10,11)13-8-7-9-5-3-2-4-6-9/h2-6H,7-8H2,1H3. The van der Waals surface area contributed by atoms with E-state index in [9.17, 15) is 9.46 Å². The van der Waals surface area contributed by atoms with Crippen molar-refractivity contribution in [3.8, 4) is 0 Å². The van der Waals surface area contributed by atoms with Gasteiger partial charge in [-0.3, -0.25) is 4.57 Å². The van der Waals surface area contributed by atoms with Crippen molar-refractivity contribution in [1.82, 2.24) is 0 Å². The molecule has 0 amide bonds. The summed E-state index contributed by atoms with van der Waals surface area (Å²) in [5.41, 5.74) is 0. The summed E-state index contributed by atoms with van der Waals surface area (Å²) >= 11 is 0. The summed E-state index contributed by atoms with van der Waals surface area (Å²) in [5, 5.41) is 0. The van der Waals surface area contributed by atoms with E-state index in [4.69, 9.17) is 0 Å². The minimum atomic E-state index is -4.07. The van der Waals surface area contributed by atoms with Crippen LogP contribution in [0.5, 0.6) is 0 Å². The zero-order chi connectivity index (χ0) is 10.4. The molecule has 0 aliphatic carbocycles. The van der Waals surface area contributed by atoms with E-state index in [1.165, 1.54) is 0 Å². The molecule has 0 aliphatic heterocycles. The molecule has 1 heterocycles. The summed E-state index contributed by atoms with van der Waals surface area (Å²) in [6.45, 7) is 0.541. The Hall–Kier alpha value is -0.740. The van der Waals surface area contributed by atoms with Crippen LogP contribution in [0.25, 0.3) is 0 Å². The van der Waals surface area contributed by atoms with E-state index in [1.54, 1.807) is 0 Å². The van der Waals surface area contributed by atoms with Gasteiger partial charge in [0.05, 0.1) is 0 Å². The van der Waals surface area contributed by atoms with E-state index < -0.39 is 7.82 Å². The summed E-state index contributed by atoms with van der Waals surface area (Å²) in [6, 6.07) is 5.59. The Bertz CT molecular complexity index is 316. The number of nitrogens with zero attached hydrogens (tertiary/aromatic N) is 1. The number of rotatable bonds is 5. The Labute approximate surface area is 82.5 Å². The largest absolute Gasteiger partial charge is 0.756 e. The van der Waals surface area contributed by atoms with Crippen LogP contribution in [0.3, 0.4) is 0 Å². The summed E-state index contributed by atoms with van der Waals surface area (Å²) in [7, 11) is -3.00. The first-order valence-corrected chi connectivity index (χ1v) is 5.55. The van der Waals surface area contributed by atoms with Crippen LogP contribution in [0.4, 0.5) is 0 Å². The van der Waals surface area contributed by atoms with Crippen LogP contribution in [0.1, 0.15) is 0 Å². The Kier molecular flexibility index (Phi) is 4.22. The van der Waals surface area contributed by atoms with Crippen LogP contribution in [-0.4, -0.2) is 13.7 Å². The van der Waals surface area contributed by atoms with E-state index >= 15 is 0 Å². The first-order chi connectivity index (χ1) is 6.64. The minimum Gasteiger partial charge on any atom is -0.756 e. The van der Waals surface area contributed by atoms with E-state index in [0.717, 1.165) is 7.11 Å². The molecule has 1 aromatic heterocycles. The van der Waals surface area contributed by atoms with Gasteiger partial charge < -0.3 is 13.9 Å². The Balaban J connectivity index is 2.33. The number of phosphoric acid groups is 1. The maximum absolute atomic E-state index is 10.8. The van der Waals surface area contributed by atoms with Crippen LogP contribution in [0.2, 0.25) is 0 Å². The highest BCUT2D eigenvalue weighted by Gasteiger charge is 2.07. The van der Waals surface area contributed by atoms with E-state index in [0.29, 0.717) is 6.54 Å². The lowest BCUT2D eigenvalue weighted by atomic mass is 10.5. The van der Waals surface area contributed by atoms with Gasteiger partial charge in [0, 0.05) is 19.2 Å². The van der Waals surface area contributed by atoms with Gasteiger partial charge in [-0.1, -0.05) is 6.07 Å². The van der Waals surface area contributed by atoms with Gasteiger partial charge in [0.2, 0.25) is 0 Å². The molecule has 0 saturated carbocycles. The molecule has 0 radical (unpaired) electrons. The molecular formula is C8H12NO4P. The smallest absolute Gasteiger partial charge is 0.267 e. The third kappa shape index (κ3) is 3.98. The predicted octanol–water partition coefficient (Wildman–Crippen LogP) is 0.105. The highest BCUT2D eigenvalue weighted by Crippen LogP contribution is 2.36. The average Bonchev–Trinajstić information content (AvgIpc) is 2.19. The lowest BCUT2D eigenvalue weighted by molar-refractivity contribution is -0.697. The van der Waals surface area contributed by atoms with Crippen molar-refractivity contribution in [2.45, 2.75) is 6.54 Å². The second kappa shape index (κ2) is 5.22. The lowest BCUT2D eigenvalue weighted by Gasteiger charge is -2.18. The molecule has 78 valence electrons. The summed E-state index contributed by atoms with van der Waals surface area (Å²) < 4.78 is 21.3.